The van der Waals surface area contributed by atoms with Gasteiger partial charge in [-0.3, -0.25) is 15.0 Å². The highest BCUT2D eigenvalue weighted by Crippen LogP contribution is 2.38. The zero-order valence-electron chi connectivity index (χ0n) is 18.2. The van der Waals surface area contributed by atoms with E-state index in [9.17, 15) is 9.59 Å². The second-order valence-corrected chi connectivity index (χ2v) is 7.61. The van der Waals surface area contributed by atoms with E-state index in [4.69, 9.17) is 25.8 Å². The van der Waals surface area contributed by atoms with Crippen molar-refractivity contribution in [1.82, 2.24) is 10.4 Å². The summed E-state index contributed by atoms with van der Waals surface area (Å²) in [6, 6.07) is 17.4. The number of methoxy groups -OCH3 is 3. The molecule has 0 saturated carbocycles. The van der Waals surface area contributed by atoms with Gasteiger partial charge < -0.3 is 19.5 Å². The van der Waals surface area contributed by atoms with Gasteiger partial charge in [-0.25, -0.2) is 5.01 Å². The van der Waals surface area contributed by atoms with Crippen LogP contribution in [-0.2, 0) is 0 Å². The van der Waals surface area contributed by atoms with E-state index >= 15 is 0 Å². The number of amides is 2. The van der Waals surface area contributed by atoms with Gasteiger partial charge in [0.1, 0.15) is 6.17 Å². The number of nitrogens with zero attached hydrogens (tertiary/aromatic N) is 1. The molecule has 170 valence electrons. The minimum atomic E-state index is -0.640. The van der Waals surface area contributed by atoms with Crippen LogP contribution < -0.4 is 25.0 Å². The quantitative estimate of drug-likeness (QED) is 0.562. The Morgan fingerprint density at radius 2 is 1.64 bits per heavy atom. The number of rotatable bonds is 6. The van der Waals surface area contributed by atoms with Crippen LogP contribution in [0.2, 0.25) is 5.02 Å². The maximum atomic E-state index is 13.4. The number of hydrazine groups is 1. The Kier molecular flexibility index (Phi) is 6.28. The van der Waals surface area contributed by atoms with Gasteiger partial charge in [0.2, 0.25) is 5.75 Å². The zero-order valence-corrected chi connectivity index (χ0v) is 19.0. The molecule has 1 atom stereocenters. The fourth-order valence-electron chi connectivity index (χ4n) is 3.65. The molecule has 2 N–H and O–H groups in total. The largest absolute Gasteiger partial charge is 0.493 e. The normalized spacial score (nSPS) is 14.7. The molecule has 9 heteroatoms. The van der Waals surface area contributed by atoms with E-state index in [1.165, 1.54) is 38.5 Å². The first-order valence-electron chi connectivity index (χ1n) is 10.0. The summed E-state index contributed by atoms with van der Waals surface area (Å²) in [4.78, 5) is 26.6. The van der Waals surface area contributed by atoms with Gasteiger partial charge in [-0.15, -0.1) is 0 Å². The van der Waals surface area contributed by atoms with Crippen molar-refractivity contribution in [3.05, 3.63) is 82.4 Å². The van der Waals surface area contributed by atoms with E-state index < -0.39 is 18.0 Å². The first-order valence-corrected chi connectivity index (χ1v) is 10.4. The number of ether oxygens (including phenoxy) is 3. The lowest BCUT2D eigenvalue weighted by atomic mass is 10.0. The van der Waals surface area contributed by atoms with Crippen molar-refractivity contribution in [1.29, 1.82) is 0 Å². The zero-order chi connectivity index (χ0) is 23.5. The van der Waals surface area contributed by atoms with Crippen molar-refractivity contribution in [2.24, 2.45) is 0 Å². The molecule has 4 rings (SSSR count). The molecule has 0 fully saturated rings. The number of fused-ring (bicyclic) bond motifs is 1. The molecule has 2 amide bonds. The Bertz CT molecular complexity index is 1180. The summed E-state index contributed by atoms with van der Waals surface area (Å²) in [5, 5.41) is 4.97. The van der Waals surface area contributed by atoms with Crippen molar-refractivity contribution in [3.8, 4) is 17.2 Å². The lowest BCUT2D eigenvalue weighted by molar-refractivity contribution is 0.0490. The lowest BCUT2D eigenvalue weighted by Gasteiger charge is -2.37. The number of anilines is 1. The predicted octanol–water partition coefficient (Wildman–Crippen LogP) is 4.28. The highest BCUT2D eigenvalue weighted by molar-refractivity contribution is 6.31. The number of carbonyl (C=O) groups is 2. The van der Waals surface area contributed by atoms with Crippen LogP contribution in [0.3, 0.4) is 0 Å². The van der Waals surface area contributed by atoms with E-state index in [-0.39, 0.29) is 5.56 Å². The molecule has 1 unspecified atom stereocenters. The van der Waals surface area contributed by atoms with E-state index in [0.717, 1.165) is 5.56 Å². The van der Waals surface area contributed by atoms with Crippen LogP contribution in [-0.4, -0.2) is 38.2 Å². The highest BCUT2D eigenvalue weighted by Gasteiger charge is 2.35. The van der Waals surface area contributed by atoms with E-state index in [1.54, 1.807) is 18.2 Å². The van der Waals surface area contributed by atoms with Gasteiger partial charge in [-0.2, -0.15) is 0 Å². The van der Waals surface area contributed by atoms with E-state index in [0.29, 0.717) is 33.5 Å². The Morgan fingerprint density at radius 3 is 2.24 bits per heavy atom. The van der Waals surface area contributed by atoms with Crippen LogP contribution >= 0.6 is 11.6 Å². The summed E-state index contributed by atoms with van der Waals surface area (Å²) < 4.78 is 16.0. The molecule has 33 heavy (non-hydrogen) atoms. The third-order valence-electron chi connectivity index (χ3n) is 5.25. The molecule has 0 radical (unpaired) electrons. The number of benzene rings is 3. The SMILES string of the molecule is COc1cc(C(=O)NN2C(=O)c3cc(Cl)ccc3NC2c2ccccc2)cc(OC)c1OC. The fraction of sp³-hybridized carbons (Fsp3) is 0.167. The van der Waals surface area contributed by atoms with Gasteiger partial charge in [-0.05, 0) is 35.9 Å². The fourth-order valence-corrected chi connectivity index (χ4v) is 3.82. The van der Waals surface area contributed by atoms with Gasteiger partial charge in [0.25, 0.3) is 11.8 Å². The van der Waals surface area contributed by atoms with Gasteiger partial charge in [0.05, 0.1) is 26.9 Å². The Morgan fingerprint density at radius 1 is 0.970 bits per heavy atom. The van der Waals surface area contributed by atoms with Crippen LogP contribution in [0.4, 0.5) is 5.69 Å². The van der Waals surface area contributed by atoms with Crippen molar-refractivity contribution in [2.75, 3.05) is 26.6 Å². The van der Waals surface area contributed by atoms with Crippen LogP contribution in [0.5, 0.6) is 17.2 Å². The third kappa shape index (κ3) is 4.25. The second-order valence-electron chi connectivity index (χ2n) is 7.18. The van der Waals surface area contributed by atoms with E-state index in [1.807, 2.05) is 30.3 Å². The molecule has 1 heterocycles. The molecular formula is C24H22ClN3O5. The third-order valence-corrected chi connectivity index (χ3v) is 5.48. The predicted molar refractivity (Wildman–Crippen MR) is 124 cm³/mol. The maximum absolute atomic E-state index is 13.4. The maximum Gasteiger partial charge on any atom is 0.276 e. The molecule has 0 saturated heterocycles. The Hall–Kier alpha value is -3.91. The van der Waals surface area contributed by atoms with Gasteiger partial charge in [-0.1, -0.05) is 41.9 Å². The van der Waals surface area contributed by atoms with Crippen LogP contribution in [0.25, 0.3) is 0 Å². The number of hydrogen-bond donors (Lipinski definition) is 2. The van der Waals surface area contributed by atoms with E-state index in [2.05, 4.69) is 10.7 Å². The smallest absolute Gasteiger partial charge is 0.276 e. The average molecular weight is 468 g/mol. The monoisotopic (exact) mass is 467 g/mol. The first-order chi connectivity index (χ1) is 16.0. The number of carbonyl (C=O) groups excluding carboxylic acids is 2. The molecule has 0 spiro atoms. The summed E-state index contributed by atoms with van der Waals surface area (Å²) in [5.41, 5.74) is 4.70. The standard InChI is InChI=1S/C24H22ClN3O5/c1-31-19-11-15(12-20(32-2)21(19)33-3)23(29)27-28-22(14-7-5-4-6-8-14)26-18-10-9-16(25)13-17(18)24(28)30/h4-13,22,26H,1-3H3,(H,27,29). The number of nitrogens with one attached hydrogen (secondary N) is 2. The summed E-state index contributed by atoms with van der Waals surface area (Å²) >= 11 is 6.11. The van der Waals surface area contributed by atoms with Gasteiger partial charge in [0.15, 0.2) is 11.5 Å². The van der Waals surface area contributed by atoms with Crippen LogP contribution in [0.15, 0.2) is 60.7 Å². The molecule has 0 aliphatic carbocycles. The van der Waals surface area contributed by atoms with Crippen molar-refractivity contribution < 1.29 is 23.8 Å². The lowest BCUT2D eigenvalue weighted by Crippen LogP contribution is -2.52. The highest BCUT2D eigenvalue weighted by atomic mass is 35.5. The molecule has 0 aromatic heterocycles. The second kappa shape index (κ2) is 9.30. The molecule has 8 nitrogen and oxygen atoms in total. The van der Waals surface area contributed by atoms with Crippen molar-refractivity contribution in [3.63, 3.8) is 0 Å². The molecule has 3 aromatic rings. The van der Waals surface area contributed by atoms with Crippen LogP contribution in [0.1, 0.15) is 32.4 Å². The van der Waals surface area contributed by atoms with Crippen LogP contribution in [0, 0.1) is 0 Å². The average Bonchev–Trinajstić information content (AvgIpc) is 2.85. The Labute approximate surface area is 196 Å². The molecule has 1 aliphatic heterocycles. The van der Waals surface area contributed by atoms with Gasteiger partial charge >= 0.3 is 0 Å². The number of halogens is 1. The molecule has 3 aromatic carbocycles. The first kappa shape index (κ1) is 22.3. The number of hydrogen-bond acceptors (Lipinski definition) is 6. The van der Waals surface area contributed by atoms with Gasteiger partial charge in [0, 0.05) is 16.3 Å². The topological polar surface area (TPSA) is 89.1 Å². The summed E-state index contributed by atoms with van der Waals surface area (Å²) in [5.74, 6) is 0.0679. The molecule has 1 aliphatic rings. The molecular weight excluding hydrogens is 446 g/mol. The molecule has 0 bridgehead atoms. The summed E-state index contributed by atoms with van der Waals surface area (Å²) in [6.45, 7) is 0. The Balaban J connectivity index is 1.73. The minimum Gasteiger partial charge on any atom is -0.493 e. The minimum absolute atomic E-state index is 0.223. The summed E-state index contributed by atoms with van der Waals surface area (Å²) in [7, 11) is 4.40. The van der Waals surface area contributed by atoms with Crippen molar-refractivity contribution >= 4 is 29.1 Å². The summed E-state index contributed by atoms with van der Waals surface area (Å²) in [6.07, 6.45) is -0.640. The van der Waals surface area contributed by atoms with Crippen molar-refractivity contribution in [2.45, 2.75) is 6.17 Å².